The lowest BCUT2D eigenvalue weighted by molar-refractivity contribution is -0.142. The second-order valence-corrected chi connectivity index (χ2v) is 8.85. The molecule has 3 N–H and O–H groups in total. The molecule has 2 atom stereocenters. The van der Waals surface area contributed by atoms with Gasteiger partial charge in [0.2, 0.25) is 5.91 Å². The Morgan fingerprint density at radius 2 is 1.62 bits per heavy atom. The Labute approximate surface area is 200 Å². The minimum Gasteiger partial charge on any atom is -0.480 e. The molecule has 2 aromatic carbocycles. The van der Waals surface area contributed by atoms with E-state index < -0.39 is 30.1 Å². The SMILES string of the molecule is C=CCCC(NC(=O)CC(NC(=O)OCC1c2ccccc2-c2ccccc21)C(C)C)C(=O)O. The second-order valence-electron chi connectivity index (χ2n) is 8.85. The van der Waals surface area contributed by atoms with Crippen molar-refractivity contribution in [3.05, 3.63) is 72.3 Å². The number of carbonyl (C=O) groups is 3. The summed E-state index contributed by atoms with van der Waals surface area (Å²) in [6.07, 6.45) is 1.70. The van der Waals surface area contributed by atoms with E-state index in [-0.39, 0.29) is 31.3 Å². The van der Waals surface area contributed by atoms with Crippen molar-refractivity contribution in [3.63, 3.8) is 0 Å². The first kappa shape index (κ1) is 25.0. The molecule has 2 aromatic rings. The summed E-state index contributed by atoms with van der Waals surface area (Å²) < 4.78 is 5.59. The van der Waals surface area contributed by atoms with E-state index in [1.807, 2.05) is 50.2 Å². The highest BCUT2D eigenvalue weighted by Crippen LogP contribution is 2.44. The van der Waals surface area contributed by atoms with Gasteiger partial charge in [-0.25, -0.2) is 9.59 Å². The Bertz CT molecular complexity index is 1000. The maximum atomic E-state index is 12.6. The molecule has 0 saturated carbocycles. The highest BCUT2D eigenvalue weighted by atomic mass is 16.5. The van der Waals surface area contributed by atoms with Gasteiger partial charge in [0.25, 0.3) is 0 Å². The fourth-order valence-electron chi connectivity index (χ4n) is 4.24. The molecule has 0 aliphatic heterocycles. The summed E-state index contributed by atoms with van der Waals surface area (Å²) in [5.41, 5.74) is 4.53. The Morgan fingerprint density at radius 1 is 1.03 bits per heavy atom. The van der Waals surface area contributed by atoms with Crippen molar-refractivity contribution in [2.45, 2.75) is 51.1 Å². The summed E-state index contributed by atoms with van der Waals surface area (Å²) in [6, 6.07) is 14.7. The van der Waals surface area contributed by atoms with E-state index in [2.05, 4.69) is 29.3 Å². The van der Waals surface area contributed by atoms with Crippen LogP contribution in [0, 0.1) is 5.92 Å². The van der Waals surface area contributed by atoms with Gasteiger partial charge >= 0.3 is 12.1 Å². The average Bonchev–Trinajstić information content (AvgIpc) is 3.13. The standard InChI is InChI=1S/C27H32N2O5/c1-4-5-14-23(26(31)32)28-25(30)15-24(17(2)3)29-27(33)34-16-22-20-12-8-6-10-18(20)19-11-7-9-13-21(19)22/h4,6-13,17,22-24H,1,5,14-16H2,2-3H3,(H,28,30)(H,29,33)(H,31,32). The number of nitrogens with one attached hydrogen (secondary N) is 2. The van der Waals surface area contributed by atoms with Crippen LogP contribution in [0.4, 0.5) is 4.79 Å². The minimum absolute atomic E-state index is 0.0419. The smallest absolute Gasteiger partial charge is 0.407 e. The predicted octanol–water partition coefficient (Wildman–Crippen LogP) is 4.48. The van der Waals surface area contributed by atoms with E-state index in [4.69, 9.17) is 4.74 Å². The molecule has 2 amide bonds. The Morgan fingerprint density at radius 3 is 2.15 bits per heavy atom. The fraction of sp³-hybridized carbons (Fsp3) is 0.370. The fourth-order valence-corrected chi connectivity index (χ4v) is 4.24. The number of aliphatic carboxylic acids is 1. The Hall–Kier alpha value is -3.61. The number of hydrogen-bond acceptors (Lipinski definition) is 4. The quantitative estimate of drug-likeness (QED) is 0.426. The molecule has 1 aliphatic carbocycles. The van der Waals surface area contributed by atoms with E-state index in [0.29, 0.717) is 6.42 Å². The number of benzene rings is 2. The average molecular weight is 465 g/mol. The van der Waals surface area contributed by atoms with Crippen LogP contribution in [0.3, 0.4) is 0 Å². The zero-order valence-electron chi connectivity index (χ0n) is 19.6. The molecule has 0 aromatic heterocycles. The van der Waals surface area contributed by atoms with Crippen LogP contribution < -0.4 is 10.6 Å². The normalized spacial score (nSPS) is 14.0. The highest BCUT2D eigenvalue weighted by Gasteiger charge is 2.30. The Balaban J connectivity index is 1.59. The molecule has 3 rings (SSSR count). The zero-order chi connectivity index (χ0) is 24.7. The molecule has 0 saturated heterocycles. The van der Waals surface area contributed by atoms with Gasteiger partial charge in [0.1, 0.15) is 12.6 Å². The number of carboxylic acids is 1. The second kappa shape index (κ2) is 11.5. The lowest BCUT2D eigenvalue weighted by atomic mass is 9.98. The van der Waals surface area contributed by atoms with Crippen LogP contribution in [-0.2, 0) is 14.3 Å². The van der Waals surface area contributed by atoms with Gasteiger partial charge in [0.05, 0.1) is 0 Å². The van der Waals surface area contributed by atoms with Crippen molar-refractivity contribution < 1.29 is 24.2 Å². The van der Waals surface area contributed by atoms with Gasteiger partial charge in [0, 0.05) is 18.4 Å². The molecule has 34 heavy (non-hydrogen) atoms. The topological polar surface area (TPSA) is 105 Å². The molecular weight excluding hydrogens is 432 g/mol. The highest BCUT2D eigenvalue weighted by molar-refractivity contribution is 5.84. The lowest BCUT2D eigenvalue weighted by Gasteiger charge is -2.23. The van der Waals surface area contributed by atoms with E-state index in [0.717, 1.165) is 22.3 Å². The van der Waals surface area contributed by atoms with Crippen LogP contribution in [-0.4, -0.2) is 41.8 Å². The molecule has 0 heterocycles. The van der Waals surface area contributed by atoms with Crippen LogP contribution in [0.2, 0.25) is 0 Å². The van der Waals surface area contributed by atoms with Crippen LogP contribution in [0.15, 0.2) is 61.2 Å². The number of amides is 2. The maximum absolute atomic E-state index is 12.6. The number of hydrogen-bond donors (Lipinski definition) is 3. The molecule has 180 valence electrons. The van der Waals surface area contributed by atoms with Gasteiger partial charge in [-0.2, -0.15) is 0 Å². The maximum Gasteiger partial charge on any atom is 0.407 e. The van der Waals surface area contributed by atoms with E-state index in [1.165, 1.54) is 0 Å². The molecular formula is C27H32N2O5. The van der Waals surface area contributed by atoms with Gasteiger partial charge in [-0.15, -0.1) is 6.58 Å². The summed E-state index contributed by atoms with van der Waals surface area (Å²) in [5, 5.41) is 14.6. The lowest BCUT2D eigenvalue weighted by Crippen LogP contribution is -2.46. The number of allylic oxidation sites excluding steroid dienone is 1. The first-order valence-electron chi connectivity index (χ1n) is 11.6. The Kier molecular flexibility index (Phi) is 8.46. The molecule has 0 fully saturated rings. The number of alkyl carbamates (subject to hydrolysis) is 1. The molecule has 7 nitrogen and oxygen atoms in total. The van der Waals surface area contributed by atoms with E-state index in [1.54, 1.807) is 6.08 Å². The van der Waals surface area contributed by atoms with Crippen molar-refractivity contribution in [1.29, 1.82) is 0 Å². The third-order valence-electron chi connectivity index (χ3n) is 6.15. The van der Waals surface area contributed by atoms with E-state index >= 15 is 0 Å². The number of carboxylic acid groups (broad SMARTS) is 1. The van der Waals surface area contributed by atoms with Crippen LogP contribution in [0.1, 0.15) is 50.2 Å². The molecule has 0 bridgehead atoms. The summed E-state index contributed by atoms with van der Waals surface area (Å²) >= 11 is 0. The summed E-state index contributed by atoms with van der Waals surface area (Å²) in [7, 11) is 0. The van der Waals surface area contributed by atoms with Crippen LogP contribution >= 0.6 is 0 Å². The van der Waals surface area contributed by atoms with Crippen molar-refractivity contribution in [3.8, 4) is 11.1 Å². The number of fused-ring (bicyclic) bond motifs is 3. The van der Waals surface area contributed by atoms with Crippen LogP contribution in [0.5, 0.6) is 0 Å². The van der Waals surface area contributed by atoms with E-state index in [9.17, 15) is 19.5 Å². The largest absolute Gasteiger partial charge is 0.480 e. The first-order chi connectivity index (χ1) is 16.3. The van der Waals surface area contributed by atoms with Gasteiger partial charge in [0.15, 0.2) is 0 Å². The summed E-state index contributed by atoms with van der Waals surface area (Å²) in [6.45, 7) is 7.53. The molecule has 1 aliphatic rings. The third-order valence-corrected chi connectivity index (χ3v) is 6.15. The summed E-state index contributed by atoms with van der Waals surface area (Å²) in [5.74, 6) is -1.64. The first-order valence-corrected chi connectivity index (χ1v) is 11.6. The van der Waals surface area contributed by atoms with Gasteiger partial charge < -0.3 is 20.5 Å². The molecule has 0 radical (unpaired) electrons. The minimum atomic E-state index is -1.10. The molecule has 2 unspecified atom stereocenters. The summed E-state index contributed by atoms with van der Waals surface area (Å²) in [4.78, 5) is 36.5. The van der Waals surface area contributed by atoms with Crippen molar-refractivity contribution in [2.75, 3.05) is 6.61 Å². The predicted molar refractivity (Wildman–Crippen MR) is 130 cm³/mol. The van der Waals surface area contributed by atoms with Gasteiger partial charge in [-0.1, -0.05) is 68.5 Å². The van der Waals surface area contributed by atoms with Crippen molar-refractivity contribution in [1.82, 2.24) is 10.6 Å². The van der Waals surface area contributed by atoms with Crippen molar-refractivity contribution >= 4 is 18.0 Å². The van der Waals surface area contributed by atoms with Gasteiger partial charge in [-0.3, -0.25) is 4.79 Å². The number of rotatable bonds is 11. The molecule has 0 spiro atoms. The van der Waals surface area contributed by atoms with Gasteiger partial charge in [-0.05, 0) is 41.0 Å². The zero-order valence-corrected chi connectivity index (χ0v) is 19.6. The third kappa shape index (κ3) is 6.04. The van der Waals surface area contributed by atoms with Crippen molar-refractivity contribution in [2.24, 2.45) is 5.92 Å². The molecule has 7 heteroatoms. The van der Waals surface area contributed by atoms with Crippen LogP contribution in [0.25, 0.3) is 11.1 Å². The monoisotopic (exact) mass is 464 g/mol. The number of carbonyl (C=O) groups excluding carboxylic acids is 2. The number of ether oxygens (including phenoxy) is 1.